The Morgan fingerprint density at radius 2 is 1.57 bits per heavy atom. The van der Waals surface area contributed by atoms with Crippen LogP contribution in [0.15, 0.2) is 30.3 Å². The standard InChI is InChI=1S/C10H10O2.C2H6/c1-8(11)10(12)7-9-5-3-2-4-6-9;1-2/h2-6H,7H2,1H3;1-2H3. The Labute approximate surface area is 84.9 Å². The molecular weight excluding hydrogens is 176 g/mol. The molecule has 0 radical (unpaired) electrons. The van der Waals surface area contributed by atoms with Crippen molar-refractivity contribution < 1.29 is 9.59 Å². The fraction of sp³-hybridized carbons (Fsp3) is 0.333. The summed E-state index contributed by atoms with van der Waals surface area (Å²) in [7, 11) is 0. The SMILES string of the molecule is CC.CC(=O)C(=O)Cc1ccccc1. The molecule has 1 aromatic rings. The second kappa shape index (κ2) is 7.01. The van der Waals surface area contributed by atoms with E-state index in [2.05, 4.69) is 0 Å². The van der Waals surface area contributed by atoms with Gasteiger partial charge in [0.15, 0.2) is 5.78 Å². The zero-order valence-electron chi connectivity index (χ0n) is 8.91. The Balaban J connectivity index is 0.000000791. The highest BCUT2D eigenvalue weighted by atomic mass is 16.2. The van der Waals surface area contributed by atoms with E-state index in [0.717, 1.165) is 5.56 Å². The van der Waals surface area contributed by atoms with Gasteiger partial charge in [-0.15, -0.1) is 0 Å². The van der Waals surface area contributed by atoms with Gasteiger partial charge in [0, 0.05) is 13.3 Å². The van der Waals surface area contributed by atoms with Gasteiger partial charge in [0.25, 0.3) is 0 Å². The first-order valence-electron chi connectivity index (χ1n) is 4.78. The predicted octanol–water partition coefficient (Wildman–Crippen LogP) is 2.41. The summed E-state index contributed by atoms with van der Waals surface area (Å²) < 4.78 is 0. The van der Waals surface area contributed by atoms with Crippen LogP contribution in [0.4, 0.5) is 0 Å². The molecule has 76 valence electrons. The van der Waals surface area contributed by atoms with E-state index in [1.165, 1.54) is 6.92 Å². The van der Waals surface area contributed by atoms with E-state index in [-0.39, 0.29) is 18.0 Å². The third kappa shape index (κ3) is 4.55. The minimum absolute atomic E-state index is 0.218. The molecule has 0 spiro atoms. The van der Waals surface area contributed by atoms with E-state index >= 15 is 0 Å². The Morgan fingerprint density at radius 3 is 2.00 bits per heavy atom. The smallest absolute Gasteiger partial charge is 0.202 e. The Kier molecular flexibility index (Phi) is 6.29. The van der Waals surface area contributed by atoms with Gasteiger partial charge in [0.1, 0.15) is 0 Å². The van der Waals surface area contributed by atoms with E-state index in [9.17, 15) is 9.59 Å². The molecule has 0 aliphatic rings. The van der Waals surface area contributed by atoms with Gasteiger partial charge >= 0.3 is 0 Å². The van der Waals surface area contributed by atoms with Gasteiger partial charge in [-0.3, -0.25) is 9.59 Å². The summed E-state index contributed by atoms with van der Waals surface area (Å²) in [5.74, 6) is -0.708. The van der Waals surface area contributed by atoms with Crippen molar-refractivity contribution in [2.45, 2.75) is 27.2 Å². The van der Waals surface area contributed by atoms with Crippen LogP contribution in [0.25, 0.3) is 0 Å². The number of ketones is 2. The van der Waals surface area contributed by atoms with Gasteiger partial charge in [-0.05, 0) is 5.56 Å². The fourth-order valence-electron chi connectivity index (χ4n) is 0.906. The summed E-state index contributed by atoms with van der Waals surface area (Å²) >= 11 is 0. The molecule has 0 amide bonds. The lowest BCUT2D eigenvalue weighted by atomic mass is 10.1. The molecule has 0 saturated heterocycles. The van der Waals surface area contributed by atoms with Crippen LogP contribution in [-0.2, 0) is 16.0 Å². The van der Waals surface area contributed by atoms with Crippen LogP contribution in [0, 0.1) is 0 Å². The third-order valence-corrected chi connectivity index (χ3v) is 1.60. The number of carbonyl (C=O) groups is 2. The minimum atomic E-state index is -0.376. The molecule has 0 aliphatic carbocycles. The summed E-state index contributed by atoms with van der Waals surface area (Å²) in [5, 5.41) is 0. The average molecular weight is 192 g/mol. The monoisotopic (exact) mass is 192 g/mol. The van der Waals surface area contributed by atoms with Crippen LogP contribution in [0.5, 0.6) is 0 Å². The molecule has 0 unspecified atom stereocenters. The van der Waals surface area contributed by atoms with Crippen LogP contribution in [0.3, 0.4) is 0 Å². The molecule has 0 atom stereocenters. The van der Waals surface area contributed by atoms with Crippen molar-refractivity contribution in [3.63, 3.8) is 0 Å². The Morgan fingerprint density at radius 1 is 1.07 bits per heavy atom. The lowest BCUT2D eigenvalue weighted by Gasteiger charge is -1.95. The summed E-state index contributed by atoms with van der Waals surface area (Å²) in [6.45, 7) is 5.30. The van der Waals surface area contributed by atoms with E-state index < -0.39 is 0 Å². The molecule has 0 aromatic heterocycles. The normalized spacial score (nSPS) is 8.50. The molecule has 0 bridgehead atoms. The summed E-state index contributed by atoms with van der Waals surface area (Å²) in [4.78, 5) is 21.6. The lowest BCUT2D eigenvalue weighted by molar-refractivity contribution is -0.134. The zero-order valence-corrected chi connectivity index (χ0v) is 8.91. The predicted molar refractivity (Wildman–Crippen MR) is 57.2 cm³/mol. The maximum absolute atomic E-state index is 11.0. The van der Waals surface area contributed by atoms with Crippen molar-refractivity contribution in [1.82, 2.24) is 0 Å². The average Bonchev–Trinajstić information content (AvgIpc) is 2.22. The first-order chi connectivity index (χ1) is 6.70. The Hall–Kier alpha value is -1.44. The molecule has 2 nitrogen and oxygen atoms in total. The van der Waals surface area contributed by atoms with Crippen LogP contribution in [0.1, 0.15) is 26.3 Å². The maximum atomic E-state index is 11.0. The molecule has 1 rings (SSSR count). The van der Waals surface area contributed by atoms with Gasteiger partial charge < -0.3 is 0 Å². The first-order valence-corrected chi connectivity index (χ1v) is 4.78. The largest absolute Gasteiger partial charge is 0.291 e. The molecule has 0 saturated carbocycles. The number of carbonyl (C=O) groups excluding carboxylic acids is 2. The minimum Gasteiger partial charge on any atom is -0.291 e. The first kappa shape index (κ1) is 12.6. The lowest BCUT2D eigenvalue weighted by Crippen LogP contribution is -2.11. The van der Waals surface area contributed by atoms with Crippen molar-refractivity contribution in [3.8, 4) is 0 Å². The summed E-state index contributed by atoms with van der Waals surface area (Å²) in [6, 6.07) is 9.24. The molecule has 14 heavy (non-hydrogen) atoms. The second-order valence-corrected chi connectivity index (χ2v) is 2.64. The van der Waals surface area contributed by atoms with Gasteiger partial charge in [-0.25, -0.2) is 0 Å². The van der Waals surface area contributed by atoms with Crippen molar-refractivity contribution in [2.24, 2.45) is 0 Å². The molecule has 0 fully saturated rings. The van der Waals surface area contributed by atoms with Crippen molar-refractivity contribution >= 4 is 11.6 Å². The fourth-order valence-corrected chi connectivity index (χ4v) is 0.906. The molecular formula is C12H16O2. The Bertz CT molecular complexity index is 288. The summed E-state index contributed by atoms with van der Waals surface area (Å²) in [6.07, 6.45) is 0.218. The topological polar surface area (TPSA) is 34.1 Å². The highest BCUT2D eigenvalue weighted by Crippen LogP contribution is 2.00. The molecule has 1 aromatic carbocycles. The van der Waals surface area contributed by atoms with Crippen molar-refractivity contribution in [2.75, 3.05) is 0 Å². The quantitative estimate of drug-likeness (QED) is 0.689. The van der Waals surface area contributed by atoms with E-state index in [4.69, 9.17) is 0 Å². The number of Topliss-reactive ketones (excluding diaryl/α,β-unsaturated/α-hetero) is 2. The van der Waals surface area contributed by atoms with Crippen molar-refractivity contribution in [1.29, 1.82) is 0 Å². The van der Waals surface area contributed by atoms with Crippen molar-refractivity contribution in [3.05, 3.63) is 35.9 Å². The zero-order chi connectivity index (χ0) is 11.0. The van der Waals surface area contributed by atoms with Crippen LogP contribution >= 0.6 is 0 Å². The van der Waals surface area contributed by atoms with Gasteiger partial charge in [0.05, 0.1) is 0 Å². The van der Waals surface area contributed by atoms with E-state index in [0.29, 0.717) is 0 Å². The van der Waals surface area contributed by atoms with Crippen LogP contribution in [0.2, 0.25) is 0 Å². The van der Waals surface area contributed by atoms with Gasteiger partial charge in [0.2, 0.25) is 5.78 Å². The highest BCUT2D eigenvalue weighted by Gasteiger charge is 2.07. The molecule has 0 aliphatic heterocycles. The van der Waals surface area contributed by atoms with Crippen LogP contribution in [-0.4, -0.2) is 11.6 Å². The highest BCUT2D eigenvalue weighted by molar-refractivity contribution is 6.36. The number of benzene rings is 1. The van der Waals surface area contributed by atoms with Gasteiger partial charge in [-0.1, -0.05) is 44.2 Å². The maximum Gasteiger partial charge on any atom is 0.202 e. The van der Waals surface area contributed by atoms with Gasteiger partial charge in [-0.2, -0.15) is 0 Å². The molecule has 0 N–H and O–H groups in total. The number of hydrogen-bond acceptors (Lipinski definition) is 2. The third-order valence-electron chi connectivity index (χ3n) is 1.60. The number of hydrogen-bond donors (Lipinski definition) is 0. The summed E-state index contributed by atoms with van der Waals surface area (Å²) in [5.41, 5.74) is 0.887. The van der Waals surface area contributed by atoms with E-state index in [1.807, 2.05) is 44.2 Å². The molecule has 0 heterocycles. The van der Waals surface area contributed by atoms with Crippen LogP contribution < -0.4 is 0 Å². The molecule has 2 heteroatoms. The number of rotatable bonds is 3. The second-order valence-electron chi connectivity index (χ2n) is 2.64. The van der Waals surface area contributed by atoms with E-state index in [1.54, 1.807) is 0 Å².